The van der Waals surface area contributed by atoms with Gasteiger partial charge in [0, 0.05) is 11.1 Å². The van der Waals surface area contributed by atoms with Crippen molar-refractivity contribution in [2.45, 2.75) is 26.8 Å². The molecule has 1 aromatic carbocycles. The molecule has 0 heterocycles. The number of amides is 1. The molecule has 1 rings (SSSR count). The molecule has 1 aromatic rings. The number of hydrogen-bond acceptors (Lipinski definition) is 1. The zero-order chi connectivity index (χ0) is 12.1. The quantitative estimate of drug-likeness (QED) is 0.802. The third-order valence-electron chi connectivity index (χ3n) is 2.15. The largest absolute Gasteiger partial charge is 0.346 e. The van der Waals surface area contributed by atoms with E-state index < -0.39 is 0 Å². The van der Waals surface area contributed by atoms with Gasteiger partial charge in [0.25, 0.3) is 0 Å². The van der Waals surface area contributed by atoms with Crippen LogP contribution in [0.25, 0.3) is 0 Å². The van der Waals surface area contributed by atoms with E-state index in [-0.39, 0.29) is 11.9 Å². The van der Waals surface area contributed by atoms with Crippen molar-refractivity contribution < 1.29 is 4.79 Å². The Balaban J connectivity index is 2.65. The highest BCUT2D eigenvalue weighted by molar-refractivity contribution is 6.30. The molecule has 0 radical (unpaired) electrons. The van der Waals surface area contributed by atoms with Crippen molar-refractivity contribution in [1.29, 1.82) is 0 Å². The van der Waals surface area contributed by atoms with Crippen LogP contribution in [0.3, 0.4) is 0 Å². The minimum atomic E-state index is -0.0672. The minimum Gasteiger partial charge on any atom is -0.346 e. The van der Waals surface area contributed by atoms with E-state index in [4.69, 9.17) is 11.6 Å². The summed E-state index contributed by atoms with van der Waals surface area (Å²) in [5.74, 6) is -0.0672. The third kappa shape index (κ3) is 4.07. The van der Waals surface area contributed by atoms with Crippen LogP contribution in [0.5, 0.6) is 0 Å². The second kappa shape index (κ2) is 5.71. The summed E-state index contributed by atoms with van der Waals surface area (Å²) in [6, 6.07) is 7.45. The fourth-order valence-electron chi connectivity index (χ4n) is 1.35. The SMILES string of the molecule is CC(C)=CC(=O)NC(C)c1ccc(Cl)cc1. The van der Waals surface area contributed by atoms with Gasteiger partial charge >= 0.3 is 0 Å². The first-order valence-electron chi connectivity index (χ1n) is 5.20. The Morgan fingerprint density at radius 2 is 1.88 bits per heavy atom. The molecule has 1 amide bonds. The molecule has 0 aliphatic rings. The number of nitrogens with one attached hydrogen (secondary N) is 1. The standard InChI is InChI=1S/C13H16ClNO/c1-9(2)8-13(16)15-10(3)11-4-6-12(14)7-5-11/h4-8,10H,1-3H3,(H,15,16). The molecular weight excluding hydrogens is 222 g/mol. The molecule has 86 valence electrons. The van der Waals surface area contributed by atoms with Gasteiger partial charge in [-0.25, -0.2) is 0 Å². The van der Waals surface area contributed by atoms with Gasteiger partial charge in [-0.1, -0.05) is 29.3 Å². The first-order chi connectivity index (χ1) is 7.49. The van der Waals surface area contributed by atoms with E-state index in [1.54, 1.807) is 6.08 Å². The first-order valence-corrected chi connectivity index (χ1v) is 5.57. The molecule has 1 unspecified atom stereocenters. The van der Waals surface area contributed by atoms with Crippen LogP contribution in [0.2, 0.25) is 5.02 Å². The van der Waals surface area contributed by atoms with Crippen LogP contribution >= 0.6 is 11.6 Å². The van der Waals surface area contributed by atoms with Crippen LogP contribution in [-0.2, 0) is 4.79 Å². The third-order valence-corrected chi connectivity index (χ3v) is 2.40. The zero-order valence-electron chi connectivity index (χ0n) is 9.75. The lowest BCUT2D eigenvalue weighted by atomic mass is 10.1. The molecule has 0 aromatic heterocycles. The highest BCUT2D eigenvalue weighted by atomic mass is 35.5. The molecule has 0 aliphatic heterocycles. The molecule has 0 fully saturated rings. The maximum Gasteiger partial charge on any atom is 0.244 e. The van der Waals surface area contributed by atoms with Gasteiger partial charge in [-0.2, -0.15) is 0 Å². The fraction of sp³-hybridized carbons (Fsp3) is 0.308. The second-order valence-corrected chi connectivity index (χ2v) is 4.44. The molecule has 0 saturated carbocycles. The number of halogens is 1. The monoisotopic (exact) mass is 237 g/mol. The van der Waals surface area contributed by atoms with Crippen LogP contribution in [0.1, 0.15) is 32.4 Å². The lowest BCUT2D eigenvalue weighted by Gasteiger charge is -2.13. The highest BCUT2D eigenvalue weighted by Crippen LogP contribution is 2.15. The summed E-state index contributed by atoms with van der Waals surface area (Å²) in [4.78, 5) is 11.5. The number of carbonyl (C=O) groups excluding carboxylic acids is 1. The Morgan fingerprint density at radius 1 is 1.31 bits per heavy atom. The molecule has 0 spiro atoms. The summed E-state index contributed by atoms with van der Waals surface area (Å²) in [6.45, 7) is 5.74. The van der Waals surface area contributed by atoms with Crippen molar-refractivity contribution in [1.82, 2.24) is 5.32 Å². The van der Waals surface area contributed by atoms with Gasteiger partial charge in [0.05, 0.1) is 6.04 Å². The molecule has 1 atom stereocenters. The Labute approximate surface area is 101 Å². The van der Waals surface area contributed by atoms with Gasteiger partial charge in [-0.05, 0) is 38.5 Å². The van der Waals surface area contributed by atoms with Crippen molar-refractivity contribution in [2.24, 2.45) is 0 Å². The van der Waals surface area contributed by atoms with Crippen LogP contribution in [0.15, 0.2) is 35.9 Å². The average molecular weight is 238 g/mol. The fourth-order valence-corrected chi connectivity index (χ4v) is 1.48. The summed E-state index contributed by atoms with van der Waals surface area (Å²) in [7, 11) is 0. The van der Waals surface area contributed by atoms with Crippen molar-refractivity contribution in [3.63, 3.8) is 0 Å². The zero-order valence-corrected chi connectivity index (χ0v) is 10.5. The summed E-state index contributed by atoms with van der Waals surface area (Å²) in [5.41, 5.74) is 2.03. The molecule has 0 bridgehead atoms. The molecule has 0 aliphatic carbocycles. The Bertz CT molecular complexity index is 391. The summed E-state index contributed by atoms with van der Waals surface area (Å²) in [5, 5.41) is 3.59. The van der Waals surface area contributed by atoms with E-state index in [2.05, 4.69) is 5.32 Å². The van der Waals surface area contributed by atoms with Gasteiger partial charge in [-0.3, -0.25) is 4.79 Å². The van der Waals surface area contributed by atoms with Crippen molar-refractivity contribution in [3.05, 3.63) is 46.5 Å². The van der Waals surface area contributed by atoms with Crippen molar-refractivity contribution in [3.8, 4) is 0 Å². The number of carbonyl (C=O) groups is 1. The van der Waals surface area contributed by atoms with E-state index in [0.29, 0.717) is 5.02 Å². The van der Waals surface area contributed by atoms with Gasteiger partial charge in [0.2, 0.25) is 5.91 Å². The Morgan fingerprint density at radius 3 is 2.38 bits per heavy atom. The lowest BCUT2D eigenvalue weighted by Crippen LogP contribution is -2.24. The summed E-state index contributed by atoms with van der Waals surface area (Å²) < 4.78 is 0. The molecule has 0 saturated heterocycles. The van der Waals surface area contributed by atoms with Gasteiger partial charge in [0.1, 0.15) is 0 Å². The van der Waals surface area contributed by atoms with E-state index in [1.165, 1.54) is 0 Å². The predicted molar refractivity (Wildman–Crippen MR) is 67.4 cm³/mol. The second-order valence-electron chi connectivity index (χ2n) is 4.00. The average Bonchev–Trinajstić information content (AvgIpc) is 2.16. The number of rotatable bonds is 3. The van der Waals surface area contributed by atoms with Crippen LogP contribution in [0.4, 0.5) is 0 Å². The maximum absolute atomic E-state index is 11.5. The van der Waals surface area contributed by atoms with Crippen molar-refractivity contribution in [2.75, 3.05) is 0 Å². The smallest absolute Gasteiger partial charge is 0.244 e. The molecule has 3 heteroatoms. The summed E-state index contributed by atoms with van der Waals surface area (Å²) >= 11 is 5.79. The van der Waals surface area contributed by atoms with Gasteiger partial charge in [-0.15, -0.1) is 0 Å². The first kappa shape index (κ1) is 12.8. The molecular formula is C13H16ClNO. The highest BCUT2D eigenvalue weighted by Gasteiger charge is 2.07. The van der Waals surface area contributed by atoms with Crippen LogP contribution < -0.4 is 5.32 Å². The van der Waals surface area contributed by atoms with Crippen LogP contribution in [0, 0.1) is 0 Å². The lowest BCUT2D eigenvalue weighted by molar-refractivity contribution is -0.117. The van der Waals surface area contributed by atoms with Crippen molar-refractivity contribution >= 4 is 17.5 Å². The minimum absolute atomic E-state index is 0.0135. The van der Waals surface area contributed by atoms with E-state index >= 15 is 0 Å². The molecule has 16 heavy (non-hydrogen) atoms. The Kier molecular flexibility index (Phi) is 4.56. The van der Waals surface area contributed by atoms with Gasteiger partial charge in [0.15, 0.2) is 0 Å². The van der Waals surface area contributed by atoms with Crippen LogP contribution in [-0.4, -0.2) is 5.91 Å². The van der Waals surface area contributed by atoms with E-state index in [0.717, 1.165) is 11.1 Å². The number of allylic oxidation sites excluding steroid dienone is 1. The van der Waals surface area contributed by atoms with E-state index in [9.17, 15) is 4.79 Å². The topological polar surface area (TPSA) is 29.1 Å². The predicted octanol–water partition coefficient (Wildman–Crippen LogP) is 3.48. The number of benzene rings is 1. The maximum atomic E-state index is 11.5. The van der Waals surface area contributed by atoms with E-state index in [1.807, 2.05) is 45.0 Å². The molecule has 1 N–H and O–H groups in total. The Hall–Kier alpha value is -1.28. The molecule has 2 nitrogen and oxygen atoms in total. The number of hydrogen-bond donors (Lipinski definition) is 1. The normalized spacial score (nSPS) is 11.8. The van der Waals surface area contributed by atoms with Gasteiger partial charge < -0.3 is 5.32 Å². The summed E-state index contributed by atoms with van der Waals surface area (Å²) in [6.07, 6.45) is 1.59.